The van der Waals surface area contributed by atoms with Gasteiger partial charge in [0.05, 0.1) is 17.9 Å². The molecule has 2 aliphatic rings. The minimum Gasteiger partial charge on any atom is -0.490 e. The fraction of sp³-hybridized carbons (Fsp3) is 0.250. The van der Waals surface area contributed by atoms with Gasteiger partial charge in [0.15, 0.2) is 17.3 Å². The van der Waals surface area contributed by atoms with Crippen LogP contribution in [0.2, 0.25) is 0 Å². The number of nitrogens with one attached hydrogen (secondary N) is 1. The van der Waals surface area contributed by atoms with E-state index < -0.39 is 15.7 Å². The average molecular weight is 513 g/mol. The highest BCUT2D eigenvalue weighted by Gasteiger charge is 2.39. The van der Waals surface area contributed by atoms with E-state index in [0.717, 1.165) is 27.9 Å². The number of thioether (sulfide) groups is 1. The van der Waals surface area contributed by atoms with Crippen LogP contribution in [0.1, 0.15) is 30.5 Å². The van der Waals surface area contributed by atoms with E-state index >= 15 is 0 Å². The number of sulfone groups is 1. The molecule has 2 aliphatic heterocycles. The van der Waals surface area contributed by atoms with Gasteiger partial charge in [-0.1, -0.05) is 42.8 Å². The van der Waals surface area contributed by atoms with Crippen molar-refractivity contribution in [3.63, 3.8) is 0 Å². The van der Waals surface area contributed by atoms with Crippen molar-refractivity contribution in [2.75, 3.05) is 12.4 Å². The van der Waals surface area contributed by atoms with Gasteiger partial charge in [-0.05, 0) is 54.9 Å². The number of amides is 1. The van der Waals surface area contributed by atoms with Gasteiger partial charge in [-0.25, -0.2) is 8.42 Å². The predicted molar refractivity (Wildman–Crippen MR) is 138 cm³/mol. The molecule has 0 saturated heterocycles. The third-order valence-electron chi connectivity index (χ3n) is 5.14. The second-order valence-corrected chi connectivity index (χ2v) is 11.1. The molecule has 0 unspecified atom stereocenters. The van der Waals surface area contributed by atoms with Crippen LogP contribution in [0.4, 0.5) is 0 Å². The Morgan fingerprint density at radius 1 is 1.11 bits per heavy atom. The number of hydrazone groups is 1. The molecule has 35 heavy (non-hydrogen) atoms. The number of hydrogen-bond donors (Lipinski definition) is 1. The Morgan fingerprint density at radius 2 is 1.91 bits per heavy atom. The first kappa shape index (κ1) is 24.7. The highest BCUT2D eigenvalue weighted by atomic mass is 32.3. The second kappa shape index (κ2) is 10.0. The van der Waals surface area contributed by atoms with Gasteiger partial charge >= 0.3 is 0 Å². The Hall–Kier alpha value is -3.44. The summed E-state index contributed by atoms with van der Waals surface area (Å²) in [7, 11) is -3.59. The summed E-state index contributed by atoms with van der Waals surface area (Å²) in [6, 6.07) is 13.2. The Labute approximate surface area is 208 Å². The van der Waals surface area contributed by atoms with Crippen molar-refractivity contribution >= 4 is 49.0 Å². The van der Waals surface area contributed by atoms with Crippen LogP contribution < -0.4 is 9.47 Å². The smallest absolute Gasteiger partial charge is 0.283 e. The quantitative estimate of drug-likeness (QED) is 0.557. The molecule has 0 fully saturated rings. The van der Waals surface area contributed by atoms with Gasteiger partial charge < -0.3 is 9.47 Å². The molecule has 9 nitrogen and oxygen atoms in total. The van der Waals surface area contributed by atoms with Gasteiger partial charge in [-0.15, -0.1) is 5.10 Å². The minimum absolute atomic E-state index is 0.0101. The molecule has 1 amide bonds. The summed E-state index contributed by atoms with van der Waals surface area (Å²) >= 11 is 0.770. The van der Waals surface area contributed by atoms with Gasteiger partial charge in [0, 0.05) is 0 Å². The SMILES string of the molecule is CCOc1cc(/C=C2\C(=N)N3N=C(S(=O)(=O)CC)SC3=NC2=O)ccc1OCc1cccc(C)c1. The van der Waals surface area contributed by atoms with Crippen molar-refractivity contribution < 1.29 is 22.7 Å². The molecule has 0 atom stereocenters. The van der Waals surface area contributed by atoms with Crippen molar-refractivity contribution in [1.82, 2.24) is 5.01 Å². The van der Waals surface area contributed by atoms with Gasteiger partial charge in [-0.2, -0.15) is 10.0 Å². The summed E-state index contributed by atoms with van der Waals surface area (Å²) in [4.78, 5) is 16.6. The van der Waals surface area contributed by atoms with E-state index in [1.807, 2.05) is 38.1 Å². The van der Waals surface area contributed by atoms with Crippen LogP contribution in [0.15, 0.2) is 58.1 Å². The monoisotopic (exact) mass is 512 g/mol. The van der Waals surface area contributed by atoms with Crippen LogP contribution in [0.5, 0.6) is 11.5 Å². The Balaban J connectivity index is 1.60. The maximum absolute atomic E-state index is 12.6. The highest BCUT2D eigenvalue weighted by Crippen LogP contribution is 2.33. The lowest BCUT2D eigenvalue weighted by Gasteiger charge is -2.20. The summed E-state index contributed by atoms with van der Waals surface area (Å²) in [5.74, 6) is 0.0290. The molecule has 0 spiro atoms. The van der Waals surface area contributed by atoms with E-state index in [1.165, 1.54) is 13.0 Å². The number of benzene rings is 2. The highest BCUT2D eigenvalue weighted by molar-refractivity contribution is 8.42. The molecule has 2 aromatic carbocycles. The fourth-order valence-corrected chi connectivity index (χ4v) is 5.52. The van der Waals surface area contributed by atoms with Crippen molar-refractivity contribution in [3.05, 3.63) is 64.7 Å². The van der Waals surface area contributed by atoms with Crippen LogP contribution in [0, 0.1) is 12.3 Å². The molecule has 4 rings (SSSR count). The van der Waals surface area contributed by atoms with E-state index in [1.54, 1.807) is 18.2 Å². The van der Waals surface area contributed by atoms with Crippen LogP contribution in [0.25, 0.3) is 6.08 Å². The number of aryl methyl sites for hydroxylation is 1. The molecular formula is C24H24N4O5S2. The largest absolute Gasteiger partial charge is 0.490 e. The lowest BCUT2D eigenvalue weighted by Crippen LogP contribution is -2.35. The molecule has 2 aromatic rings. The molecule has 182 valence electrons. The van der Waals surface area contributed by atoms with Gasteiger partial charge in [0.2, 0.25) is 19.4 Å². The van der Waals surface area contributed by atoms with Crippen molar-refractivity contribution in [1.29, 1.82) is 5.41 Å². The molecular weight excluding hydrogens is 488 g/mol. The zero-order chi connectivity index (χ0) is 25.2. The number of amidine groups is 2. The van der Waals surface area contributed by atoms with Crippen LogP contribution >= 0.6 is 11.8 Å². The number of rotatable bonds is 7. The van der Waals surface area contributed by atoms with Crippen molar-refractivity contribution in [2.45, 2.75) is 27.4 Å². The number of aliphatic imine (C=N–C) groups is 1. The number of carbonyl (C=O) groups excluding carboxylic acids is 1. The van der Waals surface area contributed by atoms with E-state index in [0.29, 0.717) is 30.3 Å². The molecule has 0 aliphatic carbocycles. The molecule has 1 N–H and O–H groups in total. The number of hydrogen-bond acceptors (Lipinski definition) is 8. The predicted octanol–water partition coefficient (Wildman–Crippen LogP) is 3.98. The van der Waals surface area contributed by atoms with Gasteiger partial charge in [-0.3, -0.25) is 10.2 Å². The van der Waals surface area contributed by atoms with E-state index in [-0.39, 0.29) is 26.7 Å². The molecule has 2 heterocycles. The number of fused-ring (bicyclic) bond motifs is 1. The third-order valence-corrected chi connectivity index (χ3v) is 8.23. The third kappa shape index (κ3) is 5.30. The minimum atomic E-state index is -3.59. The number of carbonyl (C=O) groups is 1. The Bertz CT molecular complexity index is 1400. The maximum Gasteiger partial charge on any atom is 0.283 e. The van der Waals surface area contributed by atoms with Crippen molar-refractivity contribution in [2.24, 2.45) is 10.1 Å². The number of nitrogens with zero attached hydrogens (tertiary/aromatic N) is 3. The van der Waals surface area contributed by atoms with E-state index in [4.69, 9.17) is 14.9 Å². The summed E-state index contributed by atoms with van der Waals surface area (Å²) in [6.45, 7) is 6.17. The topological polar surface area (TPSA) is 121 Å². The zero-order valence-electron chi connectivity index (χ0n) is 19.4. The fourth-order valence-electron chi connectivity index (χ4n) is 3.36. The first-order chi connectivity index (χ1) is 16.7. The maximum atomic E-state index is 12.6. The zero-order valence-corrected chi connectivity index (χ0v) is 21.1. The van der Waals surface area contributed by atoms with Crippen molar-refractivity contribution in [3.8, 4) is 11.5 Å². The second-order valence-electron chi connectivity index (χ2n) is 7.71. The molecule has 11 heteroatoms. The Kier molecular flexibility index (Phi) is 7.08. The van der Waals surface area contributed by atoms with E-state index in [2.05, 4.69) is 10.1 Å². The summed E-state index contributed by atoms with van der Waals surface area (Å²) in [6.07, 6.45) is 1.50. The molecule has 0 saturated carbocycles. The lowest BCUT2D eigenvalue weighted by atomic mass is 10.1. The van der Waals surface area contributed by atoms with Gasteiger partial charge in [0.25, 0.3) is 5.91 Å². The van der Waals surface area contributed by atoms with Crippen LogP contribution in [-0.4, -0.2) is 47.1 Å². The molecule has 0 radical (unpaired) electrons. The first-order valence-electron chi connectivity index (χ1n) is 10.9. The average Bonchev–Trinajstić information content (AvgIpc) is 3.26. The summed E-state index contributed by atoms with van der Waals surface area (Å²) in [5.41, 5.74) is 2.76. The number of ether oxygens (including phenoxy) is 2. The first-order valence-corrected chi connectivity index (χ1v) is 13.4. The van der Waals surface area contributed by atoms with E-state index in [9.17, 15) is 13.2 Å². The van der Waals surface area contributed by atoms with Gasteiger partial charge in [0.1, 0.15) is 6.61 Å². The normalized spacial score (nSPS) is 16.8. The lowest BCUT2D eigenvalue weighted by molar-refractivity contribution is -0.114. The molecule has 0 bridgehead atoms. The summed E-state index contributed by atoms with van der Waals surface area (Å²) in [5, 5.41) is 13.6. The van der Waals surface area contributed by atoms with Crippen LogP contribution in [-0.2, 0) is 21.2 Å². The molecule has 0 aromatic heterocycles. The van der Waals surface area contributed by atoms with Crippen LogP contribution in [0.3, 0.4) is 0 Å². The summed E-state index contributed by atoms with van der Waals surface area (Å²) < 4.78 is 35.9. The Morgan fingerprint density at radius 3 is 2.63 bits per heavy atom. The standard InChI is InChI=1S/C24H24N4O5S2/c1-4-32-20-13-16(9-10-19(20)33-14-17-8-6-7-15(3)11-17)12-18-21(25)28-23(26-22(18)29)34-24(27-28)35(30,31)5-2/h6-13,25H,4-5,14H2,1-3H3/b18-12+,25-21?.